The standard InChI is InChI=1S/C18H29NO/c1-2-3-4-5-6-7-8-12-15-17(20)18(19)16-13-10-9-11-14-16/h9-11,13-14,18H,2-8,12,15,19H2,1H3. The Labute approximate surface area is 123 Å². The average Bonchev–Trinajstić information content (AvgIpc) is 2.50. The fraction of sp³-hybridized carbons (Fsp3) is 0.611. The Hall–Kier alpha value is -1.15. The van der Waals surface area contributed by atoms with Crippen LogP contribution in [0.5, 0.6) is 0 Å². The van der Waals surface area contributed by atoms with Crippen LogP contribution in [-0.4, -0.2) is 5.78 Å². The van der Waals surface area contributed by atoms with Gasteiger partial charge in [0.05, 0.1) is 6.04 Å². The Kier molecular flexibility index (Phi) is 8.97. The van der Waals surface area contributed by atoms with Gasteiger partial charge in [0.25, 0.3) is 0 Å². The summed E-state index contributed by atoms with van der Waals surface area (Å²) < 4.78 is 0. The number of carbonyl (C=O) groups is 1. The van der Waals surface area contributed by atoms with Crippen molar-refractivity contribution in [3.63, 3.8) is 0 Å². The smallest absolute Gasteiger partial charge is 0.154 e. The van der Waals surface area contributed by atoms with E-state index in [1.807, 2.05) is 30.3 Å². The number of Topliss-reactive ketones (excluding diaryl/α,β-unsaturated/α-hetero) is 1. The van der Waals surface area contributed by atoms with Crippen molar-refractivity contribution in [2.24, 2.45) is 5.73 Å². The van der Waals surface area contributed by atoms with Crippen molar-refractivity contribution in [1.29, 1.82) is 0 Å². The lowest BCUT2D eigenvalue weighted by atomic mass is 9.99. The quantitative estimate of drug-likeness (QED) is 0.590. The van der Waals surface area contributed by atoms with Gasteiger partial charge >= 0.3 is 0 Å². The van der Waals surface area contributed by atoms with Crippen LogP contribution >= 0.6 is 0 Å². The van der Waals surface area contributed by atoms with Gasteiger partial charge in [0.2, 0.25) is 0 Å². The second kappa shape index (κ2) is 10.6. The number of hydrogen-bond donors (Lipinski definition) is 1. The molecule has 1 unspecified atom stereocenters. The molecule has 0 aromatic heterocycles. The zero-order valence-corrected chi connectivity index (χ0v) is 12.8. The first kappa shape index (κ1) is 16.9. The van der Waals surface area contributed by atoms with Crippen molar-refractivity contribution in [3.05, 3.63) is 35.9 Å². The summed E-state index contributed by atoms with van der Waals surface area (Å²) in [6, 6.07) is 9.21. The molecule has 112 valence electrons. The lowest BCUT2D eigenvalue weighted by Gasteiger charge is -2.10. The molecule has 0 fully saturated rings. The van der Waals surface area contributed by atoms with Gasteiger partial charge in [-0.3, -0.25) is 4.79 Å². The molecule has 0 aliphatic rings. The fourth-order valence-corrected chi connectivity index (χ4v) is 2.43. The van der Waals surface area contributed by atoms with Gasteiger partial charge in [-0.2, -0.15) is 0 Å². The van der Waals surface area contributed by atoms with E-state index in [0.717, 1.165) is 18.4 Å². The van der Waals surface area contributed by atoms with E-state index in [2.05, 4.69) is 6.92 Å². The molecular weight excluding hydrogens is 246 g/mol. The maximum Gasteiger partial charge on any atom is 0.154 e. The van der Waals surface area contributed by atoms with E-state index in [4.69, 9.17) is 5.73 Å². The molecule has 1 atom stereocenters. The second-order valence-corrected chi connectivity index (χ2v) is 5.58. The molecule has 2 nitrogen and oxygen atoms in total. The number of benzene rings is 1. The van der Waals surface area contributed by atoms with Crippen LogP contribution in [0.15, 0.2) is 30.3 Å². The third-order valence-electron chi connectivity index (χ3n) is 3.78. The van der Waals surface area contributed by atoms with Crippen LogP contribution in [0.1, 0.15) is 76.3 Å². The highest BCUT2D eigenvalue weighted by Crippen LogP contribution is 2.15. The minimum atomic E-state index is -0.444. The highest BCUT2D eigenvalue weighted by molar-refractivity contribution is 5.84. The molecule has 0 spiro atoms. The minimum absolute atomic E-state index is 0.169. The SMILES string of the molecule is CCCCCCCCCCC(=O)C(N)c1ccccc1. The van der Waals surface area contributed by atoms with Gasteiger partial charge < -0.3 is 5.73 Å². The maximum absolute atomic E-state index is 12.0. The number of rotatable bonds is 11. The predicted molar refractivity (Wildman–Crippen MR) is 85.6 cm³/mol. The molecule has 2 heteroatoms. The van der Waals surface area contributed by atoms with Crippen LogP contribution in [0.3, 0.4) is 0 Å². The van der Waals surface area contributed by atoms with E-state index in [9.17, 15) is 4.79 Å². The summed E-state index contributed by atoms with van der Waals surface area (Å²) in [6.07, 6.45) is 10.6. The van der Waals surface area contributed by atoms with Crippen LogP contribution in [-0.2, 0) is 4.79 Å². The molecule has 0 bridgehead atoms. The summed E-state index contributed by atoms with van der Waals surface area (Å²) in [5.74, 6) is 0.169. The van der Waals surface area contributed by atoms with Crippen molar-refractivity contribution in [2.75, 3.05) is 0 Å². The average molecular weight is 275 g/mol. The number of hydrogen-bond acceptors (Lipinski definition) is 2. The number of ketones is 1. The Morgan fingerprint density at radius 1 is 0.950 bits per heavy atom. The predicted octanol–water partition coefficient (Wildman–Crippen LogP) is 4.79. The van der Waals surface area contributed by atoms with Gasteiger partial charge in [-0.1, -0.05) is 82.2 Å². The van der Waals surface area contributed by atoms with Crippen molar-refractivity contribution < 1.29 is 4.79 Å². The van der Waals surface area contributed by atoms with E-state index in [1.54, 1.807) is 0 Å². The van der Waals surface area contributed by atoms with Crippen LogP contribution in [0.25, 0.3) is 0 Å². The van der Waals surface area contributed by atoms with E-state index < -0.39 is 6.04 Å². The number of nitrogens with two attached hydrogens (primary N) is 1. The molecule has 0 saturated carbocycles. The third kappa shape index (κ3) is 6.85. The topological polar surface area (TPSA) is 43.1 Å². The van der Waals surface area contributed by atoms with Crippen LogP contribution in [0.4, 0.5) is 0 Å². The molecule has 1 aromatic rings. The number of carbonyl (C=O) groups excluding carboxylic acids is 1. The van der Waals surface area contributed by atoms with E-state index in [-0.39, 0.29) is 5.78 Å². The maximum atomic E-state index is 12.0. The molecule has 20 heavy (non-hydrogen) atoms. The lowest BCUT2D eigenvalue weighted by molar-refractivity contribution is -0.120. The Morgan fingerprint density at radius 3 is 2.10 bits per heavy atom. The van der Waals surface area contributed by atoms with Crippen molar-refractivity contribution in [3.8, 4) is 0 Å². The minimum Gasteiger partial charge on any atom is -0.318 e. The molecule has 1 rings (SSSR count). The molecule has 0 aliphatic heterocycles. The normalized spacial score (nSPS) is 12.3. The third-order valence-corrected chi connectivity index (χ3v) is 3.78. The Bertz CT molecular complexity index is 361. The second-order valence-electron chi connectivity index (χ2n) is 5.58. The van der Waals surface area contributed by atoms with Gasteiger partial charge in [0.1, 0.15) is 0 Å². The van der Waals surface area contributed by atoms with Gasteiger partial charge in [0.15, 0.2) is 5.78 Å². The van der Waals surface area contributed by atoms with Crippen molar-refractivity contribution >= 4 is 5.78 Å². The van der Waals surface area contributed by atoms with Crippen LogP contribution < -0.4 is 5.73 Å². The van der Waals surface area contributed by atoms with Gasteiger partial charge in [-0.25, -0.2) is 0 Å². The zero-order chi connectivity index (χ0) is 14.6. The van der Waals surface area contributed by atoms with Crippen molar-refractivity contribution in [2.45, 2.75) is 70.8 Å². The first-order valence-electron chi connectivity index (χ1n) is 8.09. The van der Waals surface area contributed by atoms with Gasteiger partial charge in [-0.15, -0.1) is 0 Å². The first-order valence-corrected chi connectivity index (χ1v) is 8.09. The molecule has 0 radical (unpaired) electrons. The van der Waals surface area contributed by atoms with E-state index in [1.165, 1.54) is 38.5 Å². The highest BCUT2D eigenvalue weighted by Gasteiger charge is 2.14. The van der Waals surface area contributed by atoms with E-state index in [0.29, 0.717) is 6.42 Å². The summed E-state index contributed by atoms with van der Waals surface area (Å²) >= 11 is 0. The molecular formula is C18H29NO. The highest BCUT2D eigenvalue weighted by atomic mass is 16.1. The lowest BCUT2D eigenvalue weighted by Crippen LogP contribution is -2.21. The molecule has 2 N–H and O–H groups in total. The van der Waals surface area contributed by atoms with Crippen LogP contribution in [0, 0.1) is 0 Å². The Morgan fingerprint density at radius 2 is 1.50 bits per heavy atom. The number of unbranched alkanes of at least 4 members (excludes halogenated alkanes) is 7. The zero-order valence-electron chi connectivity index (χ0n) is 12.8. The monoisotopic (exact) mass is 275 g/mol. The summed E-state index contributed by atoms with van der Waals surface area (Å²) in [5, 5.41) is 0. The van der Waals surface area contributed by atoms with Crippen molar-refractivity contribution in [1.82, 2.24) is 0 Å². The largest absolute Gasteiger partial charge is 0.318 e. The summed E-state index contributed by atoms with van der Waals surface area (Å²) in [7, 11) is 0. The molecule has 0 aliphatic carbocycles. The molecule has 0 saturated heterocycles. The Balaban J connectivity index is 2.08. The molecule has 1 aromatic carbocycles. The van der Waals surface area contributed by atoms with Gasteiger partial charge in [-0.05, 0) is 12.0 Å². The molecule has 0 heterocycles. The molecule has 0 amide bonds. The van der Waals surface area contributed by atoms with Crippen LogP contribution in [0.2, 0.25) is 0 Å². The summed E-state index contributed by atoms with van der Waals surface area (Å²) in [5.41, 5.74) is 6.91. The first-order chi connectivity index (χ1) is 9.75. The van der Waals surface area contributed by atoms with Gasteiger partial charge in [0, 0.05) is 6.42 Å². The van der Waals surface area contributed by atoms with E-state index >= 15 is 0 Å². The fourth-order valence-electron chi connectivity index (χ4n) is 2.43. The summed E-state index contributed by atoms with van der Waals surface area (Å²) in [6.45, 7) is 2.24. The summed E-state index contributed by atoms with van der Waals surface area (Å²) in [4.78, 5) is 12.0.